The van der Waals surface area contributed by atoms with Crippen LogP contribution in [-0.2, 0) is 33.2 Å². The maximum Gasteiger partial charge on any atom is 0.187 e. The van der Waals surface area contributed by atoms with Gasteiger partial charge in [0.2, 0.25) is 0 Å². The first-order valence-corrected chi connectivity index (χ1v) is 14.1. The molecule has 4 rings (SSSR count). The number of hydrogen-bond donors (Lipinski definition) is 14. The van der Waals surface area contributed by atoms with E-state index in [9.17, 15) is 71.5 Å². The Balaban J connectivity index is 1.43. The minimum Gasteiger partial charge on any atom is -0.394 e. The highest BCUT2D eigenvalue weighted by molar-refractivity contribution is 4.97. The highest BCUT2D eigenvalue weighted by atomic mass is 16.8. The molecule has 264 valence electrons. The summed E-state index contributed by atoms with van der Waals surface area (Å²) >= 11 is 0. The molecular formula is C24H42O21. The summed E-state index contributed by atoms with van der Waals surface area (Å²) in [5.41, 5.74) is 0. The lowest BCUT2D eigenvalue weighted by atomic mass is 9.95. The Morgan fingerprint density at radius 3 is 1.02 bits per heavy atom. The average Bonchev–Trinajstić information content (AvgIpc) is 3.03. The van der Waals surface area contributed by atoms with Gasteiger partial charge in [-0.05, 0) is 0 Å². The SMILES string of the molecule is OC[C@H]1O[C@H](O[C@@H]2[C@H](O)[C@@H](O)[C@H](O[C@H]3[C@H](O)[C@@H](O)[C@H](O[C@H]4[C@H](O)[C@@H](O)[C@H](O)O[C@@H]4CO)O[C@@H]3CO)O[C@@H]2CO)[C@H](O)[C@@H](O)[C@H]1O. The van der Waals surface area contributed by atoms with Crippen LogP contribution in [0.2, 0.25) is 0 Å². The zero-order valence-electron chi connectivity index (χ0n) is 23.5. The first-order valence-electron chi connectivity index (χ1n) is 14.1. The van der Waals surface area contributed by atoms with Gasteiger partial charge in [-0.2, -0.15) is 0 Å². The molecule has 21 nitrogen and oxygen atoms in total. The number of ether oxygens (including phenoxy) is 7. The number of rotatable bonds is 10. The summed E-state index contributed by atoms with van der Waals surface area (Å²) < 4.78 is 37.7. The molecule has 21 heteroatoms. The third-order valence-electron chi connectivity index (χ3n) is 8.20. The van der Waals surface area contributed by atoms with Crippen LogP contribution in [0.3, 0.4) is 0 Å². The monoisotopic (exact) mass is 666 g/mol. The van der Waals surface area contributed by atoms with E-state index in [1.54, 1.807) is 0 Å². The number of hydrogen-bond acceptors (Lipinski definition) is 21. The van der Waals surface area contributed by atoms with Crippen LogP contribution < -0.4 is 0 Å². The van der Waals surface area contributed by atoms with E-state index in [0.717, 1.165) is 0 Å². The second-order valence-electron chi connectivity index (χ2n) is 11.1. The third kappa shape index (κ3) is 7.44. The van der Waals surface area contributed by atoms with Crippen LogP contribution in [0.15, 0.2) is 0 Å². The van der Waals surface area contributed by atoms with Gasteiger partial charge in [0, 0.05) is 0 Å². The molecule has 0 unspecified atom stereocenters. The van der Waals surface area contributed by atoms with Gasteiger partial charge in [-0.25, -0.2) is 0 Å². The molecule has 4 heterocycles. The van der Waals surface area contributed by atoms with E-state index in [1.165, 1.54) is 0 Å². The van der Waals surface area contributed by atoms with Gasteiger partial charge < -0.3 is 105 Å². The van der Waals surface area contributed by atoms with E-state index in [4.69, 9.17) is 33.2 Å². The summed E-state index contributed by atoms with van der Waals surface area (Å²) in [4.78, 5) is 0. The van der Waals surface area contributed by atoms with E-state index < -0.39 is 149 Å². The lowest BCUT2D eigenvalue weighted by Gasteiger charge is -2.49. The van der Waals surface area contributed by atoms with Crippen molar-refractivity contribution in [2.75, 3.05) is 26.4 Å². The molecule has 0 spiro atoms. The van der Waals surface area contributed by atoms with Crippen LogP contribution in [0, 0.1) is 0 Å². The molecule has 0 aromatic heterocycles. The Morgan fingerprint density at radius 1 is 0.333 bits per heavy atom. The molecule has 0 aromatic carbocycles. The Labute approximate surface area is 254 Å². The minimum absolute atomic E-state index is 0.784. The van der Waals surface area contributed by atoms with Crippen molar-refractivity contribution in [1.82, 2.24) is 0 Å². The van der Waals surface area contributed by atoms with Crippen molar-refractivity contribution in [2.45, 2.75) is 123 Å². The second-order valence-corrected chi connectivity index (χ2v) is 11.1. The van der Waals surface area contributed by atoms with Crippen LogP contribution in [0.5, 0.6) is 0 Å². The summed E-state index contributed by atoms with van der Waals surface area (Å²) in [6.45, 7) is -3.39. The summed E-state index contributed by atoms with van der Waals surface area (Å²) in [7, 11) is 0. The fourth-order valence-corrected chi connectivity index (χ4v) is 5.55. The van der Waals surface area contributed by atoms with E-state index in [-0.39, 0.29) is 0 Å². The molecule has 4 fully saturated rings. The van der Waals surface area contributed by atoms with E-state index in [2.05, 4.69) is 0 Å². The molecule has 14 N–H and O–H groups in total. The van der Waals surface area contributed by atoms with Crippen LogP contribution >= 0.6 is 0 Å². The maximum absolute atomic E-state index is 10.9. The Hall–Kier alpha value is -0.840. The van der Waals surface area contributed by atoms with Crippen LogP contribution in [0.4, 0.5) is 0 Å². The van der Waals surface area contributed by atoms with Gasteiger partial charge in [-0.3, -0.25) is 0 Å². The molecule has 0 saturated carbocycles. The van der Waals surface area contributed by atoms with Gasteiger partial charge >= 0.3 is 0 Å². The highest BCUT2D eigenvalue weighted by Gasteiger charge is 2.55. The number of aliphatic hydroxyl groups is 14. The molecule has 4 aliphatic heterocycles. The molecule has 0 bridgehead atoms. The zero-order valence-corrected chi connectivity index (χ0v) is 23.5. The van der Waals surface area contributed by atoms with E-state index in [0.29, 0.717) is 0 Å². The van der Waals surface area contributed by atoms with Crippen LogP contribution in [0.25, 0.3) is 0 Å². The summed E-state index contributed by atoms with van der Waals surface area (Å²) in [5, 5.41) is 142. The normalized spacial score (nSPS) is 52.9. The largest absolute Gasteiger partial charge is 0.394 e. The van der Waals surface area contributed by atoms with Gasteiger partial charge in [-0.15, -0.1) is 0 Å². The Bertz CT molecular complexity index is 910. The lowest BCUT2D eigenvalue weighted by Crippen LogP contribution is -2.67. The molecule has 4 aliphatic rings. The molecule has 45 heavy (non-hydrogen) atoms. The maximum atomic E-state index is 10.9. The smallest absolute Gasteiger partial charge is 0.187 e. The lowest BCUT2D eigenvalue weighted by molar-refractivity contribution is -0.387. The summed E-state index contributed by atoms with van der Waals surface area (Å²) in [6, 6.07) is 0. The van der Waals surface area contributed by atoms with E-state index in [1.807, 2.05) is 0 Å². The molecule has 0 aliphatic carbocycles. The topological polar surface area (TPSA) is 348 Å². The third-order valence-corrected chi connectivity index (χ3v) is 8.20. The van der Waals surface area contributed by atoms with Crippen molar-refractivity contribution in [3.05, 3.63) is 0 Å². The Morgan fingerprint density at radius 2 is 0.644 bits per heavy atom. The molecule has 0 amide bonds. The zero-order chi connectivity index (χ0) is 33.3. The molecule has 0 radical (unpaired) electrons. The van der Waals surface area contributed by atoms with Gasteiger partial charge in [0.1, 0.15) is 97.7 Å². The predicted molar refractivity (Wildman–Crippen MR) is 134 cm³/mol. The Kier molecular flexibility index (Phi) is 12.8. The second kappa shape index (κ2) is 15.6. The first-order chi connectivity index (χ1) is 21.3. The average molecular weight is 667 g/mol. The summed E-state index contributed by atoms with van der Waals surface area (Å²) in [5.74, 6) is 0. The van der Waals surface area contributed by atoms with Crippen molar-refractivity contribution in [3.8, 4) is 0 Å². The van der Waals surface area contributed by atoms with Crippen molar-refractivity contribution < 1.29 is 105 Å². The molecule has 20 atom stereocenters. The standard InChI is InChI=1S/C24H42O21/c25-1-5-9(29)10(30)15(35)22(40-5)44-19-7(3-27)42-24(17(37)12(19)32)45-20-8(4-28)41-23(16(36)13(20)33)43-18-6(2-26)39-21(38)14(34)11(18)31/h5-38H,1-4H2/t5-,6-,7-,8-,9+,10+,11-,12-,13-,14-,15-,16-,17-,18-,19+,20-,21-,22-,23+,24+/m1/s1. The van der Waals surface area contributed by atoms with Gasteiger partial charge in [0.05, 0.1) is 26.4 Å². The summed E-state index contributed by atoms with van der Waals surface area (Å²) in [6.07, 6.45) is -35.3. The number of aliphatic hydroxyl groups excluding tert-OH is 14. The molecule has 4 saturated heterocycles. The minimum atomic E-state index is -2.02. The molecular weight excluding hydrogens is 624 g/mol. The predicted octanol–water partition coefficient (Wildman–Crippen LogP) is -9.75. The van der Waals surface area contributed by atoms with Crippen LogP contribution in [0.1, 0.15) is 0 Å². The quantitative estimate of drug-likeness (QED) is 0.103. The fourth-order valence-electron chi connectivity index (χ4n) is 5.55. The van der Waals surface area contributed by atoms with Gasteiger partial charge in [-0.1, -0.05) is 0 Å². The van der Waals surface area contributed by atoms with Gasteiger partial charge in [0.15, 0.2) is 25.2 Å². The van der Waals surface area contributed by atoms with Gasteiger partial charge in [0.25, 0.3) is 0 Å². The first kappa shape index (κ1) is 37.0. The molecule has 0 aromatic rings. The van der Waals surface area contributed by atoms with Crippen molar-refractivity contribution >= 4 is 0 Å². The van der Waals surface area contributed by atoms with Crippen molar-refractivity contribution in [2.24, 2.45) is 0 Å². The van der Waals surface area contributed by atoms with Crippen molar-refractivity contribution in [3.63, 3.8) is 0 Å². The van der Waals surface area contributed by atoms with E-state index >= 15 is 0 Å². The fraction of sp³-hybridized carbons (Fsp3) is 1.00. The highest BCUT2D eigenvalue weighted by Crippen LogP contribution is 2.34. The van der Waals surface area contributed by atoms with Crippen molar-refractivity contribution in [1.29, 1.82) is 0 Å². The van der Waals surface area contributed by atoms with Crippen LogP contribution in [-0.4, -0.2) is 221 Å².